The maximum absolute atomic E-state index is 6.05. The number of nitrogens with zero attached hydrogens (tertiary/aromatic N) is 4. The van der Waals surface area contributed by atoms with Crippen LogP contribution in [0.5, 0.6) is 11.5 Å². The summed E-state index contributed by atoms with van der Waals surface area (Å²) in [5, 5.41) is 13.0. The van der Waals surface area contributed by atoms with Gasteiger partial charge in [0.1, 0.15) is 11.5 Å². The van der Waals surface area contributed by atoms with Crippen LogP contribution in [-0.4, -0.2) is 20.2 Å². The van der Waals surface area contributed by atoms with Gasteiger partial charge in [0.05, 0.1) is 5.69 Å². The van der Waals surface area contributed by atoms with Crippen molar-refractivity contribution in [2.45, 2.75) is 24.8 Å². The molecule has 1 heterocycles. The summed E-state index contributed by atoms with van der Waals surface area (Å²) in [7, 11) is 0. The number of thioether (sulfide) groups is 1. The van der Waals surface area contributed by atoms with Gasteiger partial charge in [-0.2, -0.15) is 4.68 Å². The lowest BCUT2D eigenvalue weighted by Crippen LogP contribution is -2.02. The molecule has 0 N–H and O–H groups in total. The van der Waals surface area contributed by atoms with Gasteiger partial charge in [0.2, 0.25) is 5.16 Å². The van der Waals surface area contributed by atoms with Gasteiger partial charge in [-0.1, -0.05) is 65.9 Å². The summed E-state index contributed by atoms with van der Waals surface area (Å²) in [6, 6.07) is 24.1. The number of hydrogen-bond donors (Lipinski definition) is 0. The summed E-state index contributed by atoms with van der Waals surface area (Å²) >= 11 is 1.59. The van der Waals surface area contributed by atoms with Gasteiger partial charge < -0.3 is 4.74 Å². The van der Waals surface area contributed by atoms with Crippen molar-refractivity contribution in [1.82, 2.24) is 20.2 Å². The summed E-state index contributed by atoms with van der Waals surface area (Å²) in [6.45, 7) is 4.15. The fraction of sp³-hybridized carbons (Fsp3) is 0.136. The second-order valence-electron chi connectivity index (χ2n) is 6.47. The Hall–Kier alpha value is -3.12. The van der Waals surface area contributed by atoms with Crippen LogP contribution in [0.3, 0.4) is 0 Å². The number of hydrogen-bond acceptors (Lipinski definition) is 5. The van der Waals surface area contributed by atoms with E-state index in [4.69, 9.17) is 4.74 Å². The topological polar surface area (TPSA) is 52.8 Å². The minimum Gasteiger partial charge on any atom is -0.457 e. The van der Waals surface area contributed by atoms with E-state index >= 15 is 0 Å². The molecule has 4 aromatic rings. The molecule has 5 nitrogen and oxygen atoms in total. The molecule has 1 aromatic heterocycles. The smallest absolute Gasteiger partial charge is 0.214 e. The predicted octanol–water partition coefficient (Wildman–Crippen LogP) is 5.36. The van der Waals surface area contributed by atoms with Crippen molar-refractivity contribution in [2.24, 2.45) is 0 Å². The summed E-state index contributed by atoms with van der Waals surface area (Å²) in [6.07, 6.45) is 0. The fourth-order valence-corrected chi connectivity index (χ4v) is 3.82. The van der Waals surface area contributed by atoms with Gasteiger partial charge in [-0.3, -0.25) is 0 Å². The number of tetrazole rings is 1. The molecule has 0 aliphatic carbocycles. The Bertz CT molecular complexity index is 1080. The lowest BCUT2D eigenvalue weighted by atomic mass is 10.1. The van der Waals surface area contributed by atoms with Crippen molar-refractivity contribution in [3.63, 3.8) is 0 Å². The Morgan fingerprint density at radius 2 is 1.71 bits per heavy atom. The molecule has 0 atom stereocenters. The van der Waals surface area contributed by atoms with Crippen LogP contribution < -0.4 is 4.74 Å². The second kappa shape index (κ2) is 8.27. The van der Waals surface area contributed by atoms with Crippen LogP contribution in [0.2, 0.25) is 0 Å². The normalized spacial score (nSPS) is 10.8. The molecule has 28 heavy (non-hydrogen) atoms. The number of benzene rings is 3. The van der Waals surface area contributed by atoms with Gasteiger partial charge >= 0.3 is 0 Å². The molecule has 6 heteroatoms. The zero-order valence-corrected chi connectivity index (χ0v) is 16.6. The minimum atomic E-state index is 0.703. The molecule has 4 rings (SSSR count). The predicted molar refractivity (Wildman–Crippen MR) is 111 cm³/mol. The SMILES string of the molecule is Cc1ccc(-n2nnnc2SCc2ccccc2Oc2ccccc2)c(C)c1. The summed E-state index contributed by atoms with van der Waals surface area (Å²) < 4.78 is 7.85. The zero-order chi connectivity index (χ0) is 19.3. The van der Waals surface area contributed by atoms with Gasteiger partial charge in [0.25, 0.3) is 0 Å². The zero-order valence-electron chi connectivity index (χ0n) is 15.7. The first-order valence-corrected chi connectivity index (χ1v) is 9.99. The van der Waals surface area contributed by atoms with Gasteiger partial charge in [-0.15, -0.1) is 5.10 Å². The third kappa shape index (κ3) is 4.07. The van der Waals surface area contributed by atoms with Crippen LogP contribution in [0.25, 0.3) is 5.69 Å². The number of para-hydroxylation sites is 2. The number of aromatic nitrogens is 4. The monoisotopic (exact) mass is 388 g/mol. The van der Waals surface area contributed by atoms with E-state index < -0.39 is 0 Å². The lowest BCUT2D eigenvalue weighted by Gasteiger charge is -2.11. The molecule has 0 amide bonds. The van der Waals surface area contributed by atoms with Crippen LogP contribution >= 0.6 is 11.8 Å². The molecule has 3 aromatic carbocycles. The van der Waals surface area contributed by atoms with E-state index in [0.29, 0.717) is 5.75 Å². The van der Waals surface area contributed by atoms with Crippen molar-refractivity contribution < 1.29 is 4.74 Å². The van der Waals surface area contributed by atoms with Crippen LogP contribution in [0.1, 0.15) is 16.7 Å². The first-order valence-electron chi connectivity index (χ1n) is 9.00. The molecule has 0 unspecified atom stereocenters. The average Bonchev–Trinajstić information content (AvgIpc) is 3.16. The minimum absolute atomic E-state index is 0.703. The summed E-state index contributed by atoms with van der Waals surface area (Å²) in [4.78, 5) is 0. The highest BCUT2D eigenvalue weighted by Crippen LogP contribution is 2.31. The quantitative estimate of drug-likeness (QED) is 0.416. The number of ether oxygens (including phenoxy) is 1. The molecule has 0 saturated heterocycles. The van der Waals surface area contributed by atoms with Crippen LogP contribution in [0.4, 0.5) is 0 Å². The maximum atomic E-state index is 6.05. The van der Waals surface area contributed by atoms with E-state index in [1.54, 1.807) is 16.4 Å². The van der Waals surface area contributed by atoms with E-state index in [1.807, 2.05) is 48.5 Å². The van der Waals surface area contributed by atoms with Crippen LogP contribution in [0.15, 0.2) is 78.0 Å². The van der Waals surface area contributed by atoms with Crippen molar-refractivity contribution >= 4 is 11.8 Å². The first-order chi connectivity index (χ1) is 13.7. The molecular weight excluding hydrogens is 368 g/mol. The molecular formula is C22H20N4OS. The van der Waals surface area contributed by atoms with Gasteiger partial charge in [-0.25, -0.2) is 0 Å². The van der Waals surface area contributed by atoms with E-state index in [0.717, 1.165) is 33.5 Å². The highest BCUT2D eigenvalue weighted by molar-refractivity contribution is 7.98. The fourth-order valence-electron chi connectivity index (χ4n) is 2.94. The highest BCUT2D eigenvalue weighted by Gasteiger charge is 2.13. The Balaban J connectivity index is 1.54. The van der Waals surface area contributed by atoms with Crippen molar-refractivity contribution in [1.29, 1.82) is 0 Å². The van der Waals surface area contributed by atoms with Gasteiger partial charge in [-0.05, 0) is 54.1 Å². The lowest BCUT2D eigenvalue weighted by molar-refractivity contribution is 0.478. The third-order valence-corrected chi connectivity index (χ3v) is 5.29. The molecule has 0 aliphatic rings. The van der Waals surface area contributed by atoms with E-state index in [-0.39, 0.29) is 0 Å². The first kappa shape index (κ1) is 18.3. The molecule has 140 valence electrons. The molecule has 0 aliphatic heterocycles. The van der Waals surface area contributed by atoms with Crippen molar-refractivity contribution in [3.8, 4) is 17.2 Å². The largest absolute Gasteiger partial charge is 0.457 e. The van der Waals surface area contributed by atoms with E-state index in [2.05, 4.69) is 53.6 Å². The molecule has 0 spiro atoms. The Morgan fingerprint density at radius 1 is 0.929 bits per heavy atom. The summed E-state index contributed by atoms with van der Waals surface area (Å²) in [5.74, 6) is 2.36. The van der Waals surface area contributed by atoms with Crippen LogP contribution in [0, 0.1) is 13.8 Å². The van der Waals surface area contributed by atoms with Crippen molar-refractivity contribution in [3.05, 3.63) is 89.5 Å². The highest BCUT2D eigenvalue weighted by atomic mass is 32.2. The third-order valence-electron chi connectivity index (χ3n) is 4.32. The summed E-state index contributed by atoms with van der Waals surface area (Å²) in [5.41, 5.74) is 4.44. The van der Waals surface area contributed by atoms with Gasteiger partial charge in [0, 0.05) is 11.3 Å². The Labute approximate surface area is 168 Å². The second-order valence-corrected chi connectivity index (χ2v) is 7.42. The number of rotatable bonds is 6. The molecule has 0 radical (unpaired) electrons. The van der Waals surface area contributed by atoms with E-state index in [9.17, 15) is 0 Å². The van der Waals surface area contributed by atoms with Gasteiger partial charge in [0.15, 0.2) is 0 Å². The average molecular weight is 388 g/mol. The maximum Gasteiger partial charge on any atom is 0.214 e. The molecule has 0 fully saturated rings. The van der Waals surface area contributed by atoms with E-state index in [1.165, 1.54) is 5.56 Å². The van der Waals surface area contributed by atoms with Crippen molar-refractivity contribution in [2.75, 3.05) is 0 Å². The molecule has 0 saturated carbocycles. The standard InChI is InChI=1S/C22H20N4OS/c1-16-12-13-20(17(2)14-16)26-22(23-24-25-26)28-15-18-8-6-7-11-21(18)27-19-9-4-3-5-10-19/h3-14H,15H2,1-2H3. The Morgan fingerprint density at radius 3 is 2.54 bits per heavy atom. The Kier molecular flexibility index (Phi) is 5.39. The number of aryl methyl sites for hydroxylation is 2. The van der Waals surface area contributed by atoms with Crippen LogP contribution in [-0.2, 0) is 5.75 Å². The molecule has 0 bridgehead atoms.